The smallest absolute Gasteiger partial charge is 0.283 e. The van der Waals surface area contributed by atoms with E-state index in [1.54, 1.807) is 6.92 Å². The molecule has 0 saturated carbocycles. The van der Waals surface area contributed by atoms with E-state index in [0.29, 0.717) is 26.4 Å². The second-order valence-corrected chi connectivity index (χ2v) is 6.22. The second-order valence-electron chi connectivity index (χ2n) is 6.22. The van der Waals surface area contributed by atoms with Gasteiger partial charge >= 0.3 is 0 Å². The normalized spacial score (nSPS) is 40.8. The predicted octanol–water partition coefficient (Wildman–Crippen LogP) is 1.95. The Morgan fingerprint density at radius 1 is 0.913 bits per heavy atom. The highest BCUT2D eigenvalue weighted by Gasteiger charge is 2.57. The fraction of sp³-hybridized carbons (Fsp3) is 0.647. The van der Waals surface area contributed by atoms with Crippen LogP contribution in [0.25, 0.3) is 0 Å². The van der Waals surface area contributed by atoms with E-state index in [0.717, 1.165) is 11.1 Å². The van der Waals surface area contributed by atoms with Crippen LogP contribution in [0, 0.1) is 0 Å². The molecule has 5 atom stereocenters. The minimum absolute atomic E-state index is 0.140. The van der Waals surface area contributed by atoms with Crippen molar-refractivity contribution in [1.29, 1.82) is 0 Å². The molecule has 4 rings (SSSR count). The summed E-state index contributed by atoms with van der Waals surface area (Å²) in [4.78, 5) is 0. The van der Waals surface area contributed by atoms with Crippen LogP contribution in [0.2, 0.25) is 0 Å². The Morgan fingerprint density at radius 2 is 1.70 bits per heavy atom. The van der Waals surface area contributed by atoms with Gasteiger partial charge in [-0.25, -0.2) is 0 Å². The summed E-state index contributed by atoms with van der Waals surface area (Å²) in [6.07, 6.45) is -1.20. The van der Waals surface area contributed by atoms with Crippen LogP contribution >= 0.6 is 0 Å². The molecule has 0 spiro atoms. The summed E-state index contributed by atoms with van der Waals surface area (Å²) in [5, 5.41) is 0. The van der Waals surface area contributed by atoms with Crippen molar-refractivity contribution in [3.8, 4) is 0 Å². The van der Waals surface area contributed by atoms with Crippen molar-refractivity contribution < 1.29 is 28.4 Å². The van der Waals surface area contributed by atoms with Gasteiger partial charge in [-0.05, 0) is 18.1 Å². The number of rotatable bonds is 0. The van der Waals surface area contributed by atoms with Crippen molar-refractivity contribution in [3.63, 3.8) is 0 Å². The standard InChI is InChI=1S/C17H22O6/c1-11-14-15-16(23-17(2,21-11)22-15)19-8-7-18-9-12-5-3-4-6-13(12)10-20-14/h3-6,11,14-16H,7-10H2,1-2H3/t11-,14+,15?,16+,17?/m0/s1. The molecular formula is C17H22O6. The molecule has 1 aromatic carbocycles. The summed E-state index contributed by atoms with van der Waals surface area (Å²) in [5.41, 5.74) is 2.24. The highest BCUT2D eigenvalue weighted by Crippen LogP contribution is 2.40. The summed E-state index contributed by atoms with van der Waals surface area (Å²) < 4.78 is 35.1. The van der Waals surface area contributed by atoms with Gasteiger partial charge in [0, 0.05) is 6.92 Å². The lowest BCUT2D eigenvalue weighted by Gasteiger charge is -2.37. The monoisotopic (exact) mass is 322 g/mol. The largest absolute Gasteiger partial charge is 0.374 e. The first-order valence-electron chi connectivity index (χ1n) is 8.06. The lowest BCUT2D eigenvalue weighted by atomic mass is 10.1. The van der Waals surface area contributed by atoms with Crippen molar-refractivity contribution in [1.82, 2.24) is 0 Å². The van der Waals surface area contributed by atoms with Gasteiger partial charge in [0.25, 0.3) is 5.97 Å². The summed E-state index contributed by atoms with van der Waals surface area (Å²) in [6, 6.07) is 8.13. The average Bonchev–Trinajstić information content (AvgIpc) is 2.78. The van der Waals surface area contributed by atoms with Gasteiger partial charge in [0.1, 0.15) is 12.2 Å². The first-order chi connectivity index (χ1) is 11.1. The maximum absolute atomic E-state index is 6.13. The van der Waals surface area contributed by atoms with Gasteiger partial charge in [-0.2, -0.15) is 0 Å². The van der Waals surface area contributed by atoms with Crippen LogP contribution in [-0.2, 0) is 41.6 Å². The molecule has 6 heteroatoms. The Morgan fingerprint density at radius 3 is 2.52 bits per heavy atom. The maximum Gasteiger partial charge on any atom is 0.283 e. The van der Waals surface area contributed by atoms with E-state index in [9.17, 15) is 0 Å². The number of hydrogen-bond donors (Lipinski definition) is 0. The lowest BCUT2D eigenvalue weighted by Crippen LogP contribution is -2.51. The van der Waals surface area contributed by atoms with Crippen LogP contribution in [0.4, 0.5) is 0 Å². The van der Waals surface area contributed by atoms with E-state index in [4.69, 9.17) is 28.4 Å². The summed E-state index contributed by atoms with van der Waals surface area (Å²) in [6.45, 7) is 5.69. The zero-order valence-electron chi connectivity index (χ0n) is 13.4. The fourth-order valence-electron chi connectivity index (χ4n) is 3.35. The minimum Gasteiger partial charge on any atom is -0.374 e. The molecule has 3 aliphatic rings. The Kier molecular flexibility index (Phi) is 4.13. The first-order valence-corrected chi connectivity index (χ1v) is 8.06. The zero-order chi connectivity index (χ0) is 15.9. The fourth-order valence-corrected chi connectivity index (χ4v) is 3.35. The van der Waals surface area contributed by atoms with E-state index in [2.05, 4.69) is 12.1 Å². The third-order valence-corrected chi connectivity index (χ3v) is 4.45. The SMILES string of the molecule is C[C@@H]1OC2(C)OC3[C@H](OCCOCc4ccccc4CO[C@@H]31)O2. The molecule has 126 valence electrons. The van der Waals surface area contributed by atoms with Gasteiger partial charge in [-0.3, -0.25) is 4.74 Å². The van der Waals surface area contributed by atoms with E-state index in [1.165, 1.54) is 0 Å². The van der Waals surface area contributed by atoms with Crippen molar-refractivity contribution in [2.45, 2.75) is 57.6 Å². The molecule has 6 nitrogen and oxygen atoms in total. The van der Waals surface area contributed by atoms with Gasteiger partial charge in [-0.1, -0.05) is 24.3 Å². The molecule has 0 aromatic heterocycles. The predicted molar refractivity (Wildman–Crippen MR) is 79.3 cm³/mol. The number of ether oxygens (including phenoxy) is 6. The van der Waals surface area contributed by atoms with Gasteiger partial charge in [0.15, 0.2) is 6.29 Å². The molecule has 2 unspecified atom stereocenters. The summed E-state index contributed by atoms with van der Waals surface area (Å²) >= 11 is 0. The zero-order valence-corrected chi connectivity index (χ0v) is 13.4. The van der Waals surface area contributed by atoms with Crippen LogP contribution in [0.3, 0.4) is 0 Å². The van der Waals surface area contributed by atoms with Crippen LogP contribution in [0.5, 0.6) is 0 Å². The van der Waals surface area contributed by atoms with E-state index < -0.39 is 12.3 Å². The molecule has 2 saturated heterocycles. The maximum atomic E-state index is 6.13. The van der Waals surface area contributed by atoms with E-state index >= 15 is 0 Å². The van der Waals surface area contributed by atoms with Gasteiger partial charge < -0.3 is 23.7 Å². The molecule has 1 aromatic rings. The van der Waals surface area contributed by atoms with Crippen LogP contribution in [-0.4, -0.2) is 43.8 Å². The third kappa shape index (κ3) is 3.03. The highest BCUT2D eigenvalue weighted by molar-refractivity contribution is 5.25. The van der Waals surface area contributed by atoms with Gasteiger partial charge in [0.05, 0.1) is 32.5 Å². The molecule has 0 radical (unpaired) electrons. The summed E-state index contributed by atoms with van der Waals surface area (Å²) in [5.74, 6) is -1.06. The van der Waals surface area contributed by atoms with Crippen molar-refractivity contribution in [2.24, 2.45) is 0 Å². The highest BCUT2D eigenvalue weighted by atomic mass is 16.9. The molecule has 0 N–H and O–H groups in total. The Hall–Kier alpha value is -1.02. The van der Waals surface area contributed by atoms with E-state index in [-0.39, 0.29) is 18.3 Å². The minimum atomic E-state index is -1.06. The Bertz CT molecular complexity index is 564. The molecule has 2 bridgehead atoms. The average molecular weight is 322 g/mol. The number of fused-ring (bicyclic) bond motifs is 2. The van der Waals surface area contributed by atoms with Crippen LogP contribution in [0.1, 0.15) is 25.0 Å². The van der Waals surface area contributed by atoms with Gasteiger partial charge in [-0.15, -0.1) is 0 Å². The molecule has 0 amide bonds. The topological polar surface area (TPSA) is 55.4 Å². The molecule has 0 aliphatic carbocycles. The first kappa shape index (κ1) is 15.5. The third-order valence-electron chi connectivity index (χ3n) is 4.45. The molecule has 3 aliphatic heterocycles. The van der Waals surface area contributed by atoms with Crippen molar-refractivity contribution in [3.05, 3.63) is 35.4 Å². The lowest BCUT2D eigenvalue weighted by molar-refractivity contribution is -0.385. The molecule has 2 fully saturated rings. The molecule has 23 heavy (non-hydrogen) atoms. The molecule has 3 heterocycles. The summed E-state index contributed by atoms with van der Waals surface area (Å²) in [7, 11) is 0. The number of benzene rings is 1. The van der Waals surface area contributed by atoms with Gasteiger partial charge in [0.2, 0.25) is 0 Å². The molecular weight excluding hydrogens is 300 g/mol. The quantitative estimate of drug-likeness (QED) is 0.728. The van der Waals surface area contributed by atoms with Crippen LogP contribution < -0.4 is 0 Å². The number of hydrogen-bond acceptors (Lipinski definition) is 6. The van der Waals surface area contributed by atoms with E-state index in [1.807, 2.05) is 19.1 Å². The Labute approximate surface area is 135 Å². The van der Waals surface area contributed by atoms with Crippen LogP contribution in [0.15, 0.2) is 24.3 Å². The van der Waals surface area contributed by atoms with Crippen molar-refractivity contribution >= 4 is 0 Å². The second kappa shape index (κ2) is 6.12. The van der Waals surface area contributed by atoms with Crippen molar-refractivity contribution in [2.75, 3.05) is 13.2 Å². The Balaban J connectivity index is 1.59.